The fourth-order valence-electron chi connectivity index (χ4n) is 3.14. The molecule has 3 rings (SSSR count). The second kappa shape index (κ2) is 8.01. The first-order valence-corrected chi connectivity index (χ1v) is 9.36. The van der Waals surface area contributed by atoms with Crippen molar-refractivity contribution in [1.82, 2.24) is 0 Å². The first-order chi connectivity index (χ1) is 12.8. The lowest BCUT2D eigenvalue weighted by Crippen LogP contribution is -2.28. The normalized spacial score (nSPS) is 16.7. The summed E-state index contributed by atoms with van der Waals surface area (Å²) in [6.45, 7) is 6.14. The zero-order chi connectivity index (χ0) is 19.6. The number of hydrogen-bond acceptors (Lipinski definition) is 3. The van der Waals surface area contributed by atoms with Crippen molar-refractivity contribution in [2.75, 3.05) is 16.8 Å². The lowest BCUT2D eigenvalue weighted by molar-refractivity contribution is -0.122. The highest BCUT2D eigenvalue weighted by Gasteiger charge is 2.35. The summed E-state index contributed by atoms with van der Waals surface area (Å²) in [6, 6.07) is 12.7. The molecule has 0 bridgehead atoms. The Morgan fingerprint density at radius 3 is 2.59 bits per heavy atom. The Balaban J connectivity index is 1.66. The van der Waals surface area contributed by atoms with Gasteiger partial charge in [-0.05, 0) is 62.7 Å². The van der Waals surface area contributed by atoms with Crippen molar-refractivity contribution in [3.8, 4) is 5.75 Å². The van der Waals surface area contributed by atoms with Crippen LogP contribution in [-0.4, -0.2) is 24.5 Å². The molecule has 5 nitrogen and oxygen atoms in total. The van der Waals surface area contributed by atoms with Crippen LogP contribution in [0.2, 0.25) is 5.02 Å². The largest absolute Gasteiger partial charge is 0.491 e. The van der Waals surface area contributed by atoms with Gasteiger partial charge in [0.15, 0.2) is 0 Å². The Labute approximate surface area is 164 Å². The minimum Gasteiger partial charge on any atom is -0.491 e. The number of rotatable bonds is 5. The number of ether oxygens (including phenoxy) is 1. The van der Waals surface area contributed by atoms with E-state index < -0.39 is 5.92 Å². The van der Waals surface area contributed by atoms with Crippen molar-refractivity contribution in [3.05, 3.63) is 53.1 Å². The molecule has 0 radical (unpaired) electrons. The van der Waals surface area contributed by atoms with E-state index in [0.29, 0.717) is 17.3 Å². The molecule has 0 spiro atoms. The van der Waals surface area contributed by atoms with Crippen molar-refractivity contribution in [1.29, 1.82) is 0 Å². The van der Waals surface area contributed by atoms with Gasteiger partial charge in [-0.25, -0.2) is 0 Å². The molecule has 27 heavy (non-hydrogen) atoms. The van der Waals surface area contributed by atoms with Crippen molar-refractivity contribution in [2.24, 2.45) is 5.92 Å². The quantitative estimate of drug-likeness (QED) is 0.827. The Hall–Kier alpha value is -2.53. The predicted octanol–water partition coefficient (Wildman–Crippen LogP) is 4.43. The van der Waals surface area contributed by atoms with Gasteiger partial charge in [0, 0.05) is 29.4 Å². The number of halogens is 1. The smallest absolute Gasteiger partial charge is 0.229 e. The lowest BCUT2D eigenvalue weighted by atomic mass is 10.1. The van der Waals surface area contributed by atoms with Crippen LogP contribution in [0.25, 0.3) is 0 Å². The molecule has 1 unspecified atom stereocenters. The average Bonchev–Trinajstić information content (AvgIpc) is 3.00. The van der Waals surface area contributed by atoms with Gasteiger partial charge in [0.25, 0.3) is 0 Å². The van der Waals surface area contributed by atoms with E-state index in [1.54, 1.807) is 23.1 Å². The summed E-state index contributed by atoms with van der Waals surface area (Å²) in [4.78, 5) is 26.7. The van der Waals surface area contributed by atoms with E-state index >= 15 is 0 Å². The van der Waals surface area contributed by atoms with Crippen LogP contribution < -0.4 is 15.0 Å². The van der Waals surface area contributed by atoms with E-state index in [1.807, 2.05) is 45.0 Å². The molecule has 1 aliphatic heterocycles. The fourth-order valence-corrected chi connectivity index (χ4v) is 3.31. The summed E-state index contributed by atoms with van der Waals surface area (Å²) >= 11 is 6.16. The molecule has 1 fully saturated rings. The van der Waals surface area contributed by atoms with Crippen LogP contribution in [0.1, 0.15) is 25.8 Å². The van der Waals surface area contributed by atoms with Crippen LogP contribution in [-0.2, 0) is 9.59 Å². The third-order valence-corrected chi connectivity index (χ3v) is 4.93. The summed E-state index contributed by atoms with van der Waals surface area (Å²) < 4.78 is 5.60. The van der Waals surface area contributed by atoms with Gasteiger partial charge in [-0.1, -0.05) is 17.7 Å². The molecule has 1 aliphatic rings. The molecule has 2 aromatic carbocycles. The van der Waals surface area contributed by atoms with Gasteiger partial charge in [-0.2, -0.15) is 0 Å². The third-order valence-electron chi connectivity index (χ3n) is 4.52. The Morgan fingerprint density at radius 2 is 1.93 bits per heavy atom. The summed E-state index contributed by atoms with van der Waals surface area (Å²) in [7, 11) is 0. The van der Waals surface area contributed by atoms with Crippen LogP contribution in [0.5, 0.6) is 5.75 Å². The number of anilines is 2. The maximum Gasteiger partial charge on any atom is 0.229 e. The van der Waals surface area contributed by atoms with Gasteiger partial charge in [-0.3, -0.25) is 9.59 Å². The third kappa shape index (κ3) is 4.42. The number of carbonyl (C=O) groups is 2. The van der Waals surface area contributed by atoms with Gasteiger partial charge in [0.05, 0.1) is 12.0 Å². The minimum absolute atomic E-state index is 0.0683. The number of amides is 2. The van der Waals surface area contributed by atoms with Crippen LogP contribution in [0.4, 0.5) is 11.4 Å². The van der Waals surface area contributed by atoms with E-state index in [2.05, 4.69) is 5.32 Å². The van der Waals surface area contributed by atoms with Crippen molar-refractivity contribution < 1.29 is 14.3 Å². The van der Waals surface area contributed by atoms with E-state index in [0.717, 1.165) is 17.0 Å². The SMILES string of the molecule is Cc1c(Cl)cccc1N1CC(C(=O)Nc2ccc(OC(C)C)cc2)CC1=O. The summed E-state index contributed by atoms with van der Waals surface area (Å²) in [6.07, 6.45) is 0.280. The zero-order valence-electron chi connectivity index (χ0n) is 15.7. The Bertz CT molecular complexity index is 849. The molecule has 0 saturated carbocycles. The lowest BCUT2D eigenvalue weighted by Gasteiger charge is -2.19. The van der Waals surface area contributed by atoms with Crippen molar-refractivity contribution in [2.45, 2.75) is 33.3 Å². The van der Waals surface area contributed by atoms with Gasteiger partial charge in [0.2, 0.25) is 11.8 Å². The van der Waals surface area contributed by atoms with Gasteiger partial charge < -0.3 is 15.0 Å². The van der Waals surface area contributed by atoms with E-state index in [9.17, 15) is 9.59 Å². The van der Waals surface area contributed by atoms with Crippen LogP contribution in [0, 0.1) is 12.8 Å². The van der Waals surface area contributed by atoms with Crippen molar-refractivity contribution >= 4 is 34.8 Å². The predicted molar refractivity (Wildman–Crippen MR) is 107 cm³/mol. The summed E-state index contributed by atoms with van der Waals surface area (Å²) in [5.74, 6) is 0.119. The van der Waals surface area contributed by atoms with Crippen LogP contribution >= 0.6 is 11.6 Å². The summed E-state index contributed by atoms with van der Waals surface area (Å²) in [5, 5.41) is 3.49. The number of hydrogen-bond donors (Lipinski definition) is 1. The van der Waals surface area contributed by atoms with Gasteiger partial charge >= 0.3 is 0 Å². The molecule has 142 valence electrons. The molecule has 1 saturated heterocycles. The molecule has 1 atom stereocenters. The maximum atomic E-state index is 12.6. The molecule has 2 aromatic rings. The number of nitrogens with one attached hydrogen (secondary N) is 1. The Kier molecular flexibility index (Phi) is 5.71. The van der Waals surface area contributed by atoms with Crippen LogP contribution in [0.15, 0.2) is 42.5 Å². The molecule has 1 N–H and O–H groups in total. The zero-order valence-corrected chi connectivity index (χ0v) is 16.4. The number of carbonyl (C=O) groups excluding carboxylic acids is 2. The van der Waals surface area contributed by atoms with Gasteiger partial charge in [-0.15, -0.1) is 0 Å². The molecule has 0 aliphatic carbocycles. The number of benzene rings is 2. The molecular weight excluding hydrogens is 364 g/mol. The maximum absolute atomic E-state index is 12.6. The first-order valence-electron chi connectivity index (χ1n) is 8.98. The molecule has 0 aromatic heterocycles. The molecule has 6 heteroatoms. The second-order valence-electron chi connectivity index (χ2n) is 6.97. The Morgan fingerprint density at radius 1 is 1.22 bits per heavy atom. The highest BCUT2D eigenvalue weighted by Crippen LogP contribution is 2.32. The van der Waals surface area contributed by atoms with Crippen molar-refractivity contribution in [3.63, 3.8) is 0 Å². The fraction of sp³-hybridized carbons (Fsp3) is 0.333. The first kappa shape index (κ1) is 19.2. The standard InChI is InChI=1S/C21H23ClN2O3/c1-13(2)27-17-9-7-16(8-10-17)23-21(26)15-11-20(25)24(12-15)19-6-4-5-18(22)14(19)3/h4-10,13,15H,11-12H2,1-3H3,(H,23,26). The van der Waals surface area contributed by atoms with E-state index in [4.69, 9.17) is 16.3 Å². The average molecular weight is 387 g/mol. The van der Waals surface area contributed by atoms with E-state index in [1.165, 1.54) is 0 Å². The highest BCUT2D eigenvalue weighted by molar-refractivity contribution is 6.31. The van der Waals surface area contributed by atoms with E-state index in [-0.39, 0.29) is 24.3 Å². The number of nitrogens with zero attached hydrogens (tertiary/aromatic N) is 1. The minimum atomic E-state index is -0.400. The molecular formula is C21H23ClN2O3. The monoisotopic (exact) mass is 386 g/mol. The summed E-state index contributed by atoms with van der Waals surface area (Å²) in [5.41, 5.74) is 2.29. The van der Waals surface area contributed by atoms with Gasteiger partial charge in [0.1, 0.15) is 5.75 Å². The second-order valence-corrected chi connectivity index (χ2v) is 7.38. The molecule has 1 heterocycles. The molecule has 2 amide bonds. The highest BCUT2D eigenvalue weighted by atomic mass is 35.5. The topological polar surface area (TPSA) is 58.6 Å². The van der Waals surface area contributed by atoms with Crippen LogP contribution in [0.3, 0.4) is 0 Å².